The highest BCUT2D eigenvalue weighted by atomic mass is 19.1. The molecule has 1 N–H and O–H groups in total. The molecule has 2 fully saturated rings. The van der Waals surface area contributed by atoms with E-state index in [0.717, 1.165) is 16.8 Å². The van der Waals surface area contributed by atoms with Gasteiger partial charge in [0.05, 0.1) is 18.8 Å². The number of likely N-dealkylation sites (tertiary alicyclic amines) is 1. The fourth-order valence-corrected chi connectivity index (χ4v) is 4.52. The third-order valence-electron chi connectivity index (χ3n) is 6.41. The van der Waals surface area contributed by atoms with E-state index in [2.05, 4.69) is 10.3 Å². The molecular weight excluding hydrogens is 435 g/mol. The summed E-state index contributed by atoms with van der Waals surface area (Å²) < 4.78 is 19.4. The van der Waals surface area contributed by atoms with Gasteiger partial charge in [0.15, 0.2) is 5.60 Å². The molecule has 0 unspecified atom stereocenters. The zero-order valence-corrected chi connectivity index (χ0v) is 18.8. The molecule has 3 aromatic rings. The molecular formula is C26H25FN4O3. The van der Waals surface area contributed by atoms with Gasteiger partial charge in [-0.25, -0.2) is 9.18 Å². The first-order valence-electron chi connectivity index (χ1n) is 11.2. The molecule has 0 aliphatic carbocycles. The number of carbonyl (C=O) groups is 2. The van der Waals surface area contributed by atoms with Gasteiger partial charge in [-0.3, -0.25) is 14.7 Å². The van der Waals surface area contributed by atoms with Gasteiger partial charge in [-0.2, -0.15) is 0 Å². The number of nitrogens with zero attached hydrogens (tertiary/aromatic N) is 3. The Morgan fingerprint density at radius 2 is 1.97 bits per heavy atom. The first-order valence-corrected chi connectivity index (χ1v) is 11.2. The predicted molar refractivity (Wildman–Crippen MR) is 126 cm³/mol. The number of aryl methyl sites for hydroxylation is 1. The van der Waals surface area contributed by atoms with Crippen LogP contribution in [-0.2, 0) is 11.3 Å². The average Bonchev–Trinajstić information content (AvgIpc) is 3.41. The molecule has 2 aromatic carbocycles. The predicted octanol–water partition coefficient (Wildman–Crippen LogP) is 4.38. The highest BCUT2D eigenvalue weighted by Gasteiger charge is 2.51. The summed E-state index contributed by atoms with van der Waals surface area (Å²) in [4.78, 5) is 33.0. The van der Waals surface area contributed by atoms with Crippen LogP contribution in [0.15, 0.2) is 67.0 Å². The molecule has 2 amide bonds. The van der Waals surface area contributed by atoms with Crippen LogP contribution in [0, 0.1) is 12.7 Å². The van der Waals surface area contributed by atoms with Crippen molar-refractivity contribution in [1.82, 2.24) is 9.88 Å². The van der Waals surface area contributed by atoms with Crippen molar-refractivity contribution in [2.24, 2.45) is 0 Å². The lowest BCUT2D eigenvalue weighted by Crippen LogP contribution is -2.39. The molecule has 8 heteroatoms. The molecule has 2 aliphatic rings. The van der Waals surface area contributed by atoms with Crippen LogP contribution in [-0.4, -0.2) is 47.1 Å². The fraction of sp³-hybridized carbons (Fsp3) is 0.269. The minimum atomic E-state index is -0.786. The Bertz CT molecular complexity index is 1240. The highest BCUT2D eigenvalue weighted by Crippen LogP contribution is 2.36. The number of ether oxygens (including phenoxy) is 1. The maximum Gasteiger partial charge on any atom is 0.415 e. The quantitative estimate of drug-likeness (QED) is 0.612. The summed E-state index contributed by atoms with van der Waals surface area (Å²) in [5, 5.41) is 3.39. The Balaban J connectivity index is 1.28. The number of aromatic nitrogens is 1. The number of anilines is 2. The second kappa shape index (κ2) is 8.78. The second-order valence-corrected chi connectivity index (χ2v) is 8.83. The molecule has 34 heavy (non-hydrogen) atoms. The van der Waals surface area contributed by atoms with Crippen LogP contribution < -0.4 is 10.2 Å². The number of nitrogens with one attached hydrogen (secondary N) is 1. The number of pyridine rings is 1. The van der Waals surface area contributed by atoms with Crippen LogP contribution in [0.4, 0.5) is 20.6 Å². The molecule has 7 nitrogen and oxygen atoms in total. The van der Waals surface area contributed by atoms with Gasteiger partial charge in [0.1, 0.15) is 5.82 Å². The van der Waals surface area contributed by atoms with E-state index in [1.54, 1.807) is 29.4 Å². The van der Waals surface area contributed by atoms with E-state index in [1.165, 1.54) is 17.0 Å². The number of rotatable bonds is 5. The van der Waals surface area contributed by atoms with Crippen molar-refractivity contribution in [2.45, 2.75) is 25.5 Å². The van der Waals surface area contributed by atoms with Crippen LogP contribution in [0.2, 0.25) is 0 Å². The van der Waals surface area contributed by atoms with E-state index in [1.807, 2.05) is 37.3 Å². The number of halogens is 1. The van der Waals surface area contributed by atoms with Crippen LogP contribution in [0.5, 0.6) is 0 Å². The molecule has 5 rings (SSSR count). The molecule has 2 aliphatic heterocycles. The van der Waals surface area contributed by atoms with Crippen molar-refractivity contribution in [3.8, 4) is 0 Å². The Hall–Kier alpha value is -3.94. The number of carbonyl (C=O) groups excluding carboxylic acids is 2. The first-order chi connectivity index (χ1) is 16.4. The van der Waals surface area contributed by atoms with Crippen molar-refractivity contribution >= 4 is 23.4 Å². The Labute approximate surface area is 197 Å². The van der Waals surface area contributed by atoms with Gasteiger partial charge in [-0.05, 0) is 60.5 Å². The summed E-state index contributed by atoms with van der Waals surface area (Å²) in [6.45, 7) is 3.69. The topological polar surface area (TPSA) is 74.8 Å². The lowest BCUT2D eigenvalue weighted by Gasteiger charge is -2.22. The number of benzene rings is 2. The van der Waals surface area contributed by atoms with Crippen LogP contribution in [0.3, 0.4) is 0 Å². The first kappa shape index (κ1) is 21.9. The molecule has 0 bridgehead atoms. The Morgan fingerprint density at radius 1 is 1.15 bits per heavy atom. The zero-order valence-electron chi connectivity index (χ0n) is 18.8. The van der Waals surface area contributed by atoms with Crippen LogP contribution in [0.1, 0.15) is 27.9 Å². The van der Waals surface area contributed by atoms with E-state index in [9.17, 15) is 14.0 Å². The van der Waals surface area contributed by atoms with Crippen molar-refractivity contribution in [3.05, 3.63) is 89.5 Å². The van der Waals surface area contributed by atoms with Gasteiger partial charge < -0.3 is 15.0 Å². The van der Waals surface area contributed by atoms with Gasteiger partial charge in [0, 0.05) is 43.2 Å². The molecule has 2 saturated heterocycles. The number of hydrogen-bond acceptors (Lipinski definition) is 5. The van der Waals surface area contributed by atoms with Crippen molar-refractivity contribution < 1.29 is 18.7 Å². The van der Waals surface area contributed by atoms with E-state index in [-0.39, 0.29) is 12.5 Å². The number of amides is 2. The van der Waals surface area contributed by atoms with Crippen molar-refractivity contribution in [2.75, 3.05) is 29.9 Å². The third kappa shape index (κ3) is 4.31. The maximum atomic E-state index is 13.6. The van der Waals surface area contributed by atoms with Crippen molar-refractivity contribution in [1.29, 1.82) is 0 Å². The van der Waals surface area contributed by atoms with Gasteiger partial charge in [-0.1, -0.05) is 12.1 Å². The highest BCUT2D eigenvalue weighted by molar-refractivity contribution is 5.96. The molecule has 0 saturated carbocycles. The second-order valence-electron chi connectivity index (χ2n) is 8.83. The van der Waals surface area contributed by atoms with Crippen LogP contribution in [0.25, 0.3) is 0 Å². The molecule has 1 atom stereocenters. The molecule has 0 radical (unpaired) electrons. The summed E-state index contributed by atoms with van der Waals surface area (Å²) in [7, 11) is 0. The van der Waals surface area contributed by atoms with Gasteiger partial charge in [0.2, 0.25) is 0 Å². The smallest absolute Gasteiger partial charge is 0.415 e. The van der Waals surface area contributed by atoms with Gasteiger partial charge >= 0.3 is 6.09 Å². The molecule has 1 spiro atoms. The third-order valence-corrected chi connectivity index (χ3v) is 6.41. The Kier molecular flexibility index (Phi) is 5.65. The minimum Gasteiger partial charge on any atom is -0.439 e. The molecule has 1 aromatic heterocycles. The summed E-state index contributed by atoms with van der Waals surface area (Å²) in [5.41, 5.74) is 3.27. The average molecular weight is 461 g/mol. The summed E-state index contributed by atoms with van der Waals surface area (Å²) in [6.07, 6.45) is 3.52. The monoisotopic (exact) mass is 460 g/mol. The van der Waals surface area contributed by atoms with E-state index in [4.69, 9.17) is 4.74 Å². The minimum absolute atomic E-state index is 0.107. The summed E-state index contributed by atoms with van der Waals surface area (Å²) in [5.74, 6) is -0.522. The normalized spacial score (nSPS) is 19.5. The fourth-order valence-electron chi connectivity index (χ4n) is 4.52. The lowest BCUT2D eigenvalue weighted by molar-refractivity contribution is 0.0553. The largest absolute Gasteiger partial charge is 0.439 e. The van der Waals surface area contributed by atoms with Gasteiger partial charge in [0.25, 0.3) is 5.91 Å². The summed E-state index contributed by atoms with van der Waals surface area (Å²) >= 11 is 0. The van der Waals surface area contributed by atoms with E-state index in [0.29, 0.717) is 37.3 Å². The SMILES string of the molecule is Cc1ccc(C(=O)N2CC[C@@]3(C2)CN(c2cccc(F)c2)C(=O)O3)cc1NCc1ccncc1. The number of hydrogen-bond donors (Lipinski definition) is 1. The standard InChI is InChI=1S/C26H25FN4O3/c1-18-5-6-20(13-23(18)29-15-19-7-10-28-11-8-19)24(32)30-12-9-26(16-30)17-31(25(33)34-26)22-4-2-3-21(27)14-22/h2-8,10-11,13-14,29H,9,12,15-17H2,1H3/t26-/m1/s1. The Morgan fingerprint density at radius 3 is 2.76 bits per heavy atom. The zero-order chi connectivity index (χ0) is 23.7. The van der Waals surface area contributed by atoms with E-state index < -0.39 is 17.5 Å². The van der Waals surface area contributed by atoms with Crippen molar-refractivity contribution in [3.63, 3.8) is 0 Å². The maximum absolute atomic E-state index is 13.6. The summed E-state index contributed by atoms with van der Waals surface area (Å²) in [6, 6.07) is 15.4. The molecule has 3 heterocycles. The van der Waals surface area contributed by atoms with Gasteiger partial charge in [-0.15, -0.1) is 0 Å². The lowest BCUT2D eigenvalue weighted by atomic mass is 10.0. The van der Waals surface area contributed by atoms with Crippen LogP contribution >= 0.6 is 0 Å². The van der Waals surface area contributed by atoms with E-state index >= 15 is 0 Å². The molecule has 174 valence electrons.